The first-order valence-electron chi connectivity index (χ1n) is 8.64. The summed E-state index contributed by atoms with van der Waals surface area (Å²) in [5.74, 6) is -0.621. The Kier molecular flexibility index (Phi) is 5.41. The zero-order chi connectivity index (χ0) is 19.6. The molecule has 140 valence electrons. The normalized spacial score (nSPS) is 10.8. The van der Waals surface area contributed by atoms with Gasteiger partial charge < -0.3 is 10.1 Å². The molecule has 0 radical (unpaired) electrons. The number of esters is 1. The summed E-state index contributed by atoms with van der Waals surface area (Å²) < 4.78 is 8.85. The number of fused-ring (bicyclic) bond motifs is 1. The minimum absolute atomic E-state index is 0.125. The quantitative estimate of drug-likeness (QED) is 0.522. The van der Waals surface area contributed by atoms with Gasteiger partial charge in [-0.3, -0.25) is 4.79 Å². The third-order valence-corrected chi connectivity index (χ3v) is 5.48. The van der Waals surface area contributed by atoms with Crippen LogP contribution in [0.1, 0.15) is 27.7 Å². The number of nitrogens with one attached hydrogen (secondary N) is 1. The number of hydrogen-bond acceptors (Lipinski definition) is 4. The molecule has 0 spiro atoms. The molecule has 0 unspecified atom stereocenters. The molecule has 0 bridgehead atoms. The summed E-state index contributed by atoms with van der Waals surface area (Å²) in [6, 6.07) is 7.78. The van der Waals surface area contributed by atoms with Gasteiger partial charge >= 0.3 is 5.97 Å². The molecule has 0 aliphatic carbocycles. The van der Waals surface area contributed by atoms with Crippen molar-refractivity contribution in [3.8, 4) is 0 Å². The molecule has 6 nitrogen and oxygen atoms in total. The molecule has 2 aromatic heterocycles. The molecule has 0 aliphatic heterocycles. The van der Waals surface area contributed by atoms with Crippen molar-refractivity contribution >= 4 is 45.4 Å². The molecular formula is C20H22N3O3S+. The molecule has 1 N–H and O–H groups in total. The van der Waals surface area contributed by atoms with Gasteiger partial charge in [0.05, 0.1) is 18.4 Å². The first-order chi connectivity index (χ1) is 13.0. The molecule has 0 atom stereocenters. The number of aryl methyl sites for hydroxylation is 1. The molecule has 1 amide bonds. The minimum atomic E-state index is -0.412. The van der Waals surface area contributed by atoms with Crippen LogP contribution < -0.4 is 9.88 Å². The van der Waals surface area contributed by atoms with E-state index in [4.69, 9.17) is 4.74 Å². The Bertz CT molecular complexity index is 1030. The van der Waals surface area contributed by atoms with E-state index in [0.717, 1.165) is 21.5 Å². The minimum Gasteiger partial charge on any atom is -0.462 e. The smallest absolute Gasteiger partial charge is 0.341 e. The molecule has 0 saturated heterocycles. The van der Waals surface area contributed by atoms with Gasteiger partial charge in [0.15, 0.2) is 17.6 Å². The topological polar surface area (TPSA) is 64.2 Å². The summed E-state index contributed by atoms with van der Waals surface area (Å²) in [4.78, 5) is 25.9. The summed E-state index contributed by atoms with van der Waals surface area (Å²) in [7, 11) is 0. The van der Waals surface area contributed by atoms with E-state index in [1.54, 1.807) is 13.1 Å². The summed E-state index contributed by atoms with van der Waals surface area (Å²) in [5.41, 5.74) is 3.17. The number of hydrogen-bond donors (Lipinski definition) is 1. The maximum atomic E-state index is 12.7. The maximum absolute atomic E-state index is 12.7. The number of imidazole rings is 1. The predicted molar refractivity (Wildman–Crippen MR) is 107 cm³/mol. The number of carbonyl (C=O) groups excluding carboxylic acids is 2. The van der Waals surface area contributed by atoms with Gasteiger partial charge in [0.25, 0.3) is 5.91 Å². The Balaban J connectivity index is 1.86. The SMILES string of the molecule is C=Cn1c[n+](CC(=O)Nc2sc(C)c(C)c2C(=O)OCC)c2ccccc21. The third kappa shape index (κ3) is 3.64. The lowest BCUT2D eigenvalue weighted by Gasteiger charge is -2.06. The fourth-order valence-corrected chi connectivity index (χ4v) is 4.02. The first-order valence-corrected chi connectivity index (χ1v) is 9.46. The molecule has 2 heterocycles. The van der Waals surface area contributed by atoms with Crippen LogP contribution in [0.3, 0.4) is 0 Å². The predicted octanol–water partition coefficient (Wildman–Crippen LogP) is 3.52. The van der Waals surface area contributed by atoms with Gasteiger partial charge in [0, 0.05) is 4.88 Å². The Morgan fingerprint density at radius 1 is 1.33 bits per heavy atom. The number of rotatable bonds is 6. The maximum Gasteiger partial charge on any atom is 0.341 e. The molecule has 0 fully saturated rings. The first kappa shape index (κ1) is 18.8. The second-order valence-corrected chi connectivity index (χ2v) is 7.30. The molecular weight excluding hydrogens is 362 g/mol. The molecule has 3 aromatic rings. The second-order valence-electron chi connectivity index (χ2n) is 6.08. The van der Waals surface area contributed by atoms with E-state index in [9.17, 15) is 9.59 Å². The number of benzene rings is 1. The highest BCUT2D eigenvalue weighted by Gasteiger charge is 2.23. The number of anilines is 1. The van der Waals surface area contributed by atoms with Crippen LogP contribution in [-0.4, -0.2) is 23.1 Å². The van der Waals surface area contributed by atoms with E-state index < -0.39 is 5.97 Å². The van der Waals surface area contributed by atoms with E-state index >= 15 is 0 Å². The zero-order valence-electron chi connectivity index (χ0n) is 15.6. The fraction of sp³-hybridized carbons (Fsp3) is 0.250. The average molecular weight is 384 g/mol. The van der Waals surface area contributed by atoms with E-state index in [1.807, 2.05) is 53.6 Å². The van der Waals surface area contributed by atoms with Crippen LogP contribution in [0, 0.1) is 13.8 Å². The molecule has 1 aromatic carbocycles. The van der Waals surface area contributed by atoms with Crippen LogP contribution in [0.4, 0.5) is 5.00 Å². The van der Waals surface area contributed by atoms with Crippen LogP contribution in [0.2, 0.25) is 0 Å². The lowest BCUT2D eigenvalue weighted by Crippen LogP contribution is -2.39. The van der Waals surface area contributed by atoms with Crippen molar-refractivity contribution in [1.29, 1.82) is 0 Å². The summed E-state index contributed by atoms with van der Waals surface area (Å²) >= 11 is 1.38. The monoisotopic (exact) mass is 384 g/mol. The Labute approximate surface area is 161 Å². The number of carbonyl (C=O) groups is 2. The summed E-state index contributed by atoms with van der Waals surface area (Å²) in [5, 5.41) is 3.40. The Morgan fingerprint density at radius 2 is 2.07 bits per heavy atom. The summed E-state index contributed by atoms with van der Waals surface area (Å²) in [6.45, 7) is 9.76. The number of aromatic nitrogens is 2. The second kappa shape index (κ2) is 7.75. The number of nitrogens with zero attached hydrogens (tertiary/aromatic N) is 2. The lowest BCUT2D eigenvalue weighted by molar-refractivity contribution is -0.658. The Hall–Kier alpha value is -2.93. The largest absolute Gasteiger partial charge is 0.462 e. The van der Waals surface area contributed by atoms with E-state index in [2.05, 4.69) is 11.9 Å². The number of thiophene rings is 1. The fourth-order valence-electron chi connectivity index (χ4n) is 2.96. The van der Waals surface area contributed by atoms with Gasteiger partial charge in [-0.05, 0) is 38.5 Å². The van der Waals surface area contributed by atoms with Crippen molar-refractivity contribution in [1.82, 2.24) is 4.57 Å². The van der Waals surface area contributed by atoms with E-state index in [0.29, 0.717) is 10.6 Å². The third-order valence-electron chi connectivity index (χ3n) is 4.36. The van der Waals surface area contributed by atoms with E-state index in [-0.39, 0.29) is 19.1 Å². The van der Waals surface area contributed by atoms with Gasteiger partial charge in [-0.1, -0.05) is 18.7 Å². The van der Waals surface area contributed by atoms with Crippen LogP contribution in [0.25, 0.3) is 17.2 Å². The number of para-hydroxylation sites is 2. The highest BCUT2D eigenvalue weighted by Crippen LogP contribution is 2.33. The molecule has 7 heteroatoms. The van der Waals surface area contributed by atoms with Crippen LogP contribution in [0.5, 0.6) is 0 Å². The van der Waals surface area contributed by atoms with Gasteiger partial charge in [0.2, 0.25) is 6.33 Å². The molecule has 0 aliphatic rings. The Morgan fingerprint density at radius 3 is 2.78 bits per heavy atom. The van der Waals surface area contributed by atoms with Crippen molar-refractivity contribution in [2.45, 2.75) is 27.3 Å². The highest BCUT2D eigenvalue weighted by molar-refractivity contribution is 7.16. The van der Waals surface area contributed by atoms with Crippen LogP contribution in [-0.2, 0) is 16.1 Å². The number of ether oxygens (including phenoxy) is 1. The highest BCUT2D eigenvalue weighted by atomic mass is 32.1. The van der Waals surface area contributed by atoms with Crippen molar-refractivity contribution in [3.05, 3.63) is 53.2 Å². The van der Waals surface area contributed by atoms with E-state index in [1.165, 1.54) is 11.3 Å². The summed E-state index contributed by atoms with van der Waals surface area (Å²) in [6.07, 6.45) is 3.52. The van der Waals surface area contributed by atoms with Crippen LogP contribution >= 0.6 is 11.3 Å². The molecule has 27 heavy (non-hydrogen) atoms. The standard InChI is InChI=1S/C20H21N3O3S/c1-5-22-12-23(16-10-8-7-9-15(16)22)11-17(24)21-19-18(20(25)26-6-2)13(3)14(4)27-19/h5,7-10,12H,1,6,11H2,2-4H3/p+1. The lowest BCUT2D eigenvalue weighted by atomic mass is 10.1. The van der Waals surface area contributed by atoms with Gasteiger partial charge in [-0.2, -0.15) is 0 Å². The van der Waals surface area contributed by atoms with Crippen LogP contribution in [0.15, 0.2) is 37.2 Å². The van der Waals surface area contributed by atoms with Crippen molar-refractivity contribution in [3.63, 3.8) is 0 Å². The average Bonchev–Trinajstić information content (AvgIpc) is 3.13. The van der Waals surface area contributed by atoms with Crippen molar-refractivity contribution in [2.75, 3.05) is 11.9 Å². The van der Waals surface area contributed by atoms with Crippen molar-refractivity contribution in [2.24, 2.45) is 0 Å². The molecule has 3 rings (SSSR count). The molecule has 0 saturated carbocycles. The van der Waals surface area contributed by atoms with Gasteiger partial charge in [-0.15, -0.1) is 11.3 Å². The number of amides is 1. The van der Waals surface area contributed by atoms with Gasteiger partial charge in [0.1, 0.15) is 5.00 Å². The van der Waals surface area contributed by atoms with Crippen molar-refractivity contribution < 1.29 is 18.9 Å². The zero-order valence-corrected chi connectivity index (χ0v) is 16.4. The van der Waals surface area contributed by atoms with Gasteiger partial charge in [-0.25, -0.2) is 13.9 Å².